The van der Waals surface area contributed by atoms with Crippen LogP contribution in [0.5, 0.6) is 0 Å². The van der Waals surface area contributed by atoms with E-state index < -0.39 is 0 Å². The highest BCUT2D eigenvalue weighted by atomic mass is 32.2. The first-order valence-corrected chi connectivity index (χ1v) is 10.6. The molecule has 0 saturated carbocycles. The molecule has 2 N–H and O–H groups in total. The number of fused-ring (bicyclic) bond motifs is 1. The van der Waals surface area contributed by atoms with E-state index in [0.29, 0.717) is 17.0 Å². The highest BCUT2D eigenvalue weighted by molar-refractivity contribution is 8.04. The Hall–Kier alpha value is -3.31. The summed E-state index contributed by atoms with van der Waals surface area (Å²) in [7, 11) is 0. The van der Waals surface area contributed by atoms with Gasteiger partial charge < -0.3 is 10.6 Å². The molecule has 150 valence electrons. The third-order valence-electron chi connectivity index (χ3n) is 4.87. The predicted molar refractivity (Wildman–Crippen MR) is 123 cm³/mol. The van der Waals surface area contributed by atoms with Gasteiger partial charge in [-0.3, -0.25) is 9.59 Å². The lowest BCUT2D eigenvalue weighted by molar-refractivity contribution is -0.112. The molecular weight excluding hydrogens is 392 g/mol. The summed E-state index contributed by atoms with van der Waals surface area (Å²) in [5.41, 5.74) is 4.75. The van der Waals surface area contributed by atoms with Crippen molar-refractivity contribution in [1.29, 1.82) is 0 Å². The molecule has 0 spiro atoms. The monoisotopic (exact) mass is 414 g/mol. The molecule has 0 fully saturated rings. The van der Waals surface area contributed by atoms with Crippen molar-refractivity contribution in [2.75, 3.05) is 11.9 Å². The molecule has 30 heavy (non-hydrogen) atoms. The Morgan fingerprint density at radius 1 is 1.00 bits per heavy atom. The lowest BCUT2D eigenvalue weighted by Crippen LogP contribution is -2.25. The highest BCUT2D eigenvalue weighted by Gasteiger charge is 2.20. The molecule has 5 heteroatoms. The first-order valence-electron chi connectivity index (χ1n) is 9.82. The molecule has 0 atom stereocenters. The van der Waals surface area contributed by atoms with Gasteiger partial charge in [0.2, 0.25) is 0 Å². The van der Waals surface area contributed by atoms with Crippen LogP contribution in [0.4, 0.5) is 5.69 Å². The Morgan fingerprint density at radius 3 is 2.50 bits per heavy atom. The first-order chi connectivity index (χ1) is 14.6. The van der Waals surface area contributed by atoms with E-state index in [4.69, 9.17) is 0 Å². The smallest absolute Gasteiger partial charge is 0.262 e. The topological polar surface area (TPSA) is 58.2 Å². The van der Waals surface area contributed by atoms with Crippen molar-refractivity contribution in [2.45, 2.75) is 18.2 Å². The van der Waals surface area contributed by atoms with Crippen molar-refractivity contribution in [1.82, 2.24) is 5.32 Å². The molecule has 0 radical (unpaired) electrons. The second-order valence-electron chi connectivity index (χ2n) is 7.17. The second-order valence-corrected chi connectivity index (χ2v) is 8.26. The summed E-state index contributed by atoms with van der Waals surface area (Å²) in [5, 5.41) is 5.87. The molecule has 0 bridgehead atoms. The normalized spacial score (nSPS) is 14.2. The number of aryl methyl sites for hydroxylation is 1. The zero-order chi connectivity index (χ0) is 20.9. The summed E-state index contributed by atoms with van der Waals surface area (Å²) in [6.45, 7) is 2.65. The maximum atomic E-state index is 12.4. The predicted octanol–water partition coefficient (Wildman–Crippen LogP) is 5.05. The van der Waals surface area contributed by atoms with Gasteiger partial charge in [0.15, 0.2) is 0 Å². The fraction of sp³-hybridized carbons (Fsp3) is 0.120. The number of anilines is 1. The third kappa shape index (κ3) is 4.81. The van der Waals surface area contributed by atoms with Crippen molar-refractivity contribution >= 4 is 35.3 Å². The van der Waals surface area contributed by atoms with E-state index in [9.17, 15) is 9.59 Å². The van der Waals surface area contributed by atoms with Crippen molar-refractivity contribution in [3.05, 3.63) is 100.0 Å². The molecule has 1 aliphatic heterocycles. The van der Waals surface area contributed by atoms with Gasteiger partial charge in [-0.05, 0) is 54.8 Å². The maximum absolute atomic E-state index is 12.4. The molecular formula is C25H22N2O2S. The number of benzene rings is 3. The summed E-state index contributed by atoms with van der Waals surface area (Å²) >= 11 is 1.45. The third-order valence-corrected chi connectivity index (χ3v) is 5.97. The number of hydrogen-bond donors (Lipinski definition) is 2. The van der Waals surface area contributed by atoms with Crippen LogP contribution in [0.15, 0.2) is 82.6 Å². The van der Waals surface area contributed by atoms with Crippen LogP contribution in [0.2, 0.25) is 0 Å². The van der Waals surface area contributed by atoms with E-state index in [-0.39, 0.29) is 11.8 Å². The van der Waals surface area contributed by atoms with Crippen LogP contribution in [0.3, 0.4) is 0 Å². The average molecular weight is 415 g/mol. The van der Waals surface area contributed by atoms with Gasteiger partial charge in [-0.1, -0.05) is 65.9 Å². The van der Waals surface area contributed by atoms with Gasteiger partial charge in [-0.2, -0.15) is 0 Å². The summed E-state index contributed by atoms with van der Waals surface area (Å²) in [6, 6.07) is 23.3. The molecule has 4 nitrogen and oxygen atoms in total. The second kappa shape index (κ2) is 9.01. The van der Waals surface area contributed by atoms with Crippen LogP contribution >= 0.6 is 11.8 Å². The molecule has 0 saturated heterocycles. The van der Waals surface area contributed by atoms with Gasteiger partial charge in [-0.25, -0.2) is 0 Å². The molecule has 3 aromatic carbocycles. The van der Waals surface area contributed by atoms with Crippen molar-refractivity contribution in [2.24, 2.45) is 0 Å². The van der Waals surface area contributed by atoms with Gasteiger partial charge >= 0.3 is 0 Å². The maximum Gasteiger partial charge on any atom is 0.262 e. The zero-order valence-electron chi connectivity index (χ0n) is 16.6. The summed E-state index contributed by atoms with van der Waals surface area (Å²) in [6.07, 6.45) is 2.64. The molecule has 2 amide bonds. The number of carbonyl (C=O) groups excluding carboxylic acids is 2. The Labute approximate surface area is 180 Å². The quantitative estimate of drug-likeness (QED) is 0.574. The van der Waals surface area contributed by atoms with Gasteiger partial charge in [0.1, 0.15) is 0 Å². The van der Waals surface area contributed by atoms with Gasteiger partial charge in [0.25, 0.3) is 11.8 Å². The average Bonchev–Trinajstić information content (AvgIpc) is 2.76. The Bertz CT molecular complexity index is 1100. The van der Waals surface area contributed by atoms with Gasteiger partial charge in [0, 0.05) is 17.0 Å². The van der Waals surface area contributed by atoms with E-state index in [1.165, 1.54) is 22.9 Å². The van der Waals surface area contributed by atoms with E-state index in [1.807, 2.05) is 42.5 Å². The minimum atomic E-state index is -0.114. The molecule has 0 unspecified atom stereocenters. The standard InChI is InChI=1S/C25H22N2O2S/c1-17-6-8-18(9-7-17)14-15-26-24(28)20-12-10-19(11-13-20)16-23-25(29)27-21-4-2-3-5-22(21)30-23/h2-13,16H,14-15H2,1H3,(H,26,28)(H,27,29)/b23-16+. The number of rotatable bonds is 5. The van der Waals surface area contributed by atoms with Crippen molar-refractivity contribution in [3.8, 4) is 0 Å². The zero-order valence-corrected chi connectivity index (χ0v) is 17.5. The largest absolute Gasteiger partial charge is 0.352 e. The van der Waals surface area contributed by atoms with Gasteiger partial charge in [0.05, 0.1) is 10.6 Å². The van der Waals surface area contributed by atoms with Crippen LogP contribution in [-0.2, 0) is 11.2 Å². The molecule has 3 aromatic rings. The SMILES string of the molecule is Cc1ccc(CCNC(=O)c2ccc(/C=C3/Sc4ccccc4NC3=O)cc2)cc1. The molecule has 1 heterocycles. The molecule has 4 rings (SSSR count). The Morgan fingerprint density at radius 2 is 1.73 bits per heavy atom. The van der Waals surface area contributed by atoms with Crippen molar-refractivity contribution < 1.29 is 9.59 Å². The number of hydrogen-bond acceptors (Lipinski definition) is 3. The minimum absolute atomic E-state index is 0.0972. The highest BCUT2D eigenvalue weighted by Crippen LogP contribution is 2.38. The van der Waals surface area contributed by atoms with Crippen molar-refractivity contribution in [3.63, 3.8) is 0 Å². The van der Waals surface area contributed by atoms with E-state index in [1.54, 1.807) is 12.1 Å². The van der Waals surface area contributed by atoms with Crippen LogP contribution in [0.1, 0.15) is 27.0 Å². The van der Waals surface area contributed by atoms with Gasteiger partial charge in [-0.15, -0.1) is 0 Å². The first kappa shape index (κ1) is 20.0. The van der Waals surface area contributed by atoms with E-state index >= 15 is 0 Å². The summed E-state index contributed by atoms with van der Waals surface area (Å²) in [4.78, 5) is 26.4. The lowest BCUT2D eigenvalue weighted by atomic mass is 10.1. The van der Waals surface area contributed by atoms with Crippen LogP contribution in [0, 0.1) is 6.92 Å². The van der Waals surface area contributed by atoms with E-state index in [0.717, 1.165) is 22.6 Å². The fourth-order valence-corrected chi connectivity index (χ4v) is 4.11. The lowest BCUT2D eigenvalue weighted by Gasteiger charge is -2.18. The molecule has 0 aliphatic carbocycles. The summed E-state index contributed by atoms with van der Waals surface area (Å²) in [5.74, 6) is -0.211. The number of nitrogens with one attached hydrogen (secondary N) is 2. The van der Waals surface area contributed by atoms with Crippen LogP contribution in [-0.4, -0.2) is 18.4 Å². The number of thioether (sulfide) groups is 1. The summed E-state index contributed by atoms with van der Waals surface area (Å²) < 4.78 is 0. The molecule has 1 aliphatic rings. The fourth-order valence-electron chi connectivity index (χ4n) is 3.16. The van der Waals surface area contributed by atoms with Crippen LogP contribution < -0.4 is 10.6 Å². The van der Waals surface area contributed by atoms with E-state index in [2.05, 4.69) is 41.8 Å². The van der Waals surface area contributed by atoms with Crippen LogP contribution in [0.25, 0.3) is 6.08 Å². The number of carbonyl (C=O) groups is 2. The molecule has 0 aromatic heterocycles. The number of para-hydroxylation sites is 1. The Balaban J connectivity index is 1.36. The minimum Gasteiger partial charge on any atom is -0.352 e. The number of amides is 2. The Kier molecular flexibility index (Phi) is 6.00.